The van der Waals surface area contributed by atoms with E-state index in [1.54, 1.807) is 30.5 Å². The van der Waals surface area contributed by atoms with E-state index in [-0.39, 0.29) is 5.91 Å². The van der Waals surface area contributed by atoms with Gasteiger partial charge in [0, 0.05) is 22.0 Å². The number of hydrogen-bond acceptors (Lipinski definition) is 3. The number of furan rings is 1. The van der Waals surface area contributed by atoms with Gasteiger partial charge in [0.2, 0.25) is 0 Å². The first kappa shape index (κ1) is 15.2. The van der Waals surface area contributed by atoms with Crippen LogP contribution < -0.4 is 10.6 Å². The molecule has 0 aliphatic rings. The van der Waals surface area contributed by atoms with Gasteiger partial charge in [-0.15, -0.1) is 0 Å². The first-order valence-electron chi connectivity index (χ1n) is 7.14. The van der Waals surface area contributed by atoms with Crippen LogP contribution in [0.3, 0.4) is 0 Å². The molecular formula is C18H15ClN2O2. The predicted octanol–water partition coefficient (Wildman–Crippen LogP) is 4.80. The van der Waals surface area contributed by atoms with Crippen molar-refractivity contribution in [2.75, 3.05) is 10.6 Å². The summed E-state index contributed by atoms with van der Waals surface area (Å²) >= 11 is 5.82. The van der Waals surface area contributed by atoms with Crippen molar-refractivity contribution in [1.82, 2.24) is 0 Å². The fraction of sp³-hybridized carbons (Fsp3) is 0.0556. The van der Waals surface area contributed by atoms with Crippen LogP contribution in [-0.4, -0.2) is 5.91 Å². The molecule has 5 heteroatoms. The van der Waals surface area contributed by atoms with E-state index in [4.69, 9.17) is 16.0 Å². The Bertz CT molecular complexity index is 766. The first-order chi connectivity index (χ1) is 11.2. The Morgan fingerprint density at radius 3 is 2.30 bits per heavy atom. The van der Waals surface area contributed by atoms with Crippen molar-refractivity contribution in [2.45, 2.75) is 6.54 Å². The molecule has 3 rings (SSSR count). The summed E-state index contributed by atoms with van der Waals surface area (Å²) in [4.78, 5) is 12.1. The maximum atomic E-state index is 12.1. The number of amides is 1. The Morgan fingerprint density at radius 2 is 1.65 bits per heavy atom. The molecule has 1 aromatic heterocycles. The van der Waals surface area contributed by atoms with Crippen LogP contribution >= 0.6 is 11.6 Å². The van der Waals surface area contributed by atoms with E-state index in [9.17, 15) is 4.79 Å². The molecule has 0 spiro atoms. The van der Waals surface area contributed by atoms with Gasteiger partial charge in [-0.05, 0) is 60.7 Å². The summed E-state index contributed by atoms with van der Waals surface area (Å²) in [6.45, 7) is 0.615. The second-order valence-electron chi connectivity index (χ2n) is 4.97. The fourth-order valence-corrected chi connectivity index (χ4v) is 2.20. The molecule has 0 aliphatic heterocycles. The van der Waals surface area contributed by atoms with Gasteiger partial charge in [0.05, 0.1) is 12.8 Å². The fourth-order valence-electron chi connectivity index (χ4n) is 2.08. The van der Waals surface area contributed by atoms with Gasteiger partial charge in [0.25, 0.3) is 5.91 Å². The number of hydrogen-bond donors (Lipinski definition) is 2. The van der Waals surface area contributed by atoms with Gasteiger partial charge in [-0.3, -0.25) is 4.79 Å². The highest BCUT2D eigenvalue weighted by molar-refractivity contribution is 6.30. The Balaban J connectivity index is 1.58. The molecule has 0 radical (unpaired) electrons. The number of benzene rings is 2. The number of anilines is 2. The number of rotatable bonds is 5. The molecule has 116 valence electrons. The van der Waals surface area contributed by atoms with Crippen molar-refractivity contribution in [1.29, 1.82) is 0 Å². The molecule has 4 nitrogen and oxygen atoms in total. The predicted molar refractivity (Wildman–Crippen MR) is 91.9 cm³/mol. The van der Waals surface area contributed by atoms with Crippen LogP contribution in [0, 0.1) is 0 Å². The Labute approximate surface area is 139 Å². The van der Waals surface area contributed by atoms with Gasteiger partial charge < -0.3 is 15.1 Å². The molecule has 0 saturated heterocycles. The van der Waals surface area contributed by atoms with Gasteiger partial charge in [0.1, 0.15) is 5.76 Å². The van der Waals surface area contributed by atoms with Gasteiger partial charge >= 0.3 is 0 Å². The van der Waals surface area contributed by atoms with Crippen LogP contribution in [0.25, 0.3) is 0 Å². The van der Waals surface area contributed by atoms with Crippen molar-refractivity contribution in [3.8, 4) is 0 Å². The Kier molecular flexibility index (Phi) is 4.64. The topological polar surface area (TPSA) is 54.3 Å². The second kappa shape index (κ2) is 7.03. The lowest BCUT2D eigenvalue weighted by Gasteiger charge is -2.08. The molecule has 1 heterocycles. The molecular weight excluding hydrogens is 312 g/mol. The maximum Gasteiger partial charge on any atom is 0.255 e. The molecule has 0 unspecified atom stereocenters. The van der Waals surface area contributed by atoms with E-state index in [1.165, 1.54) is 0 Å². The molecule has 0 aliphatic carbocycles. The minimum Gasteiger partial charge on any atom is -0.467 e. The summed E-state index contributed by atoms with van der Waals surface area (Å²) in [7, 11) is 0. The minimum absolute atomic E-state index is 0.169. The molecule has 2 aromatic carbocycles. The molecule has 0 atom stereocenters. The Hall–Kier alpha value is -2.72. The third-order valence-corrected chi connectivity index (χ3v) is 3.55. The lowest BCUT2D eigenvalue weighted by molar-refractivity contribution is 0.102. The zero-order valence-corrected chi connectivity index (χ0v) is 13.0. The average Bonchev–Trinajstić information content (AvgIpc) is 3.08. The maximum absolute atomic E-state index is 12.1. The number of carbonyl (C=O) groups excluding carboxylic acids is 1. The van der Waals surface area contributed by atoms with E-state index < -0.39 is 0 Å². The van der Waals surface area contributed by atoms with E-state index in [0.29, 0.717) is 17.1 Å². The van der Waals surface area contributed by atoms with E-state index in [2.05, 4.69) is 10.6 Å². The van der Waals surface area contributed by atoms with Gasteiger partial charge in [-0.1, -0.05) is 11.6 Å². The quantitative estimate of drug-likeness (QED) is 0.708. The average molecular weight is 327 g/mol. The van der Waals surface area contributed by atoms with E-state index in [1.807, 2.05) is 36.4 Å². The standard InChI is InChI=1S/C18H15ClN2O2/c19-14-5-3-13(4-6-14)18(22)21-16-9-7-15(8-10-16)20-12-17-2-1-11-23-17/h1-11,20H,12H2,(H,21,22). The molecule has 0 fully saturated rings. The number of halogens is 1. The first-order valence-corrected chi connectivity index (χ1v) is 7.52. The third-order valence-electron chi connectivity index (χ3n) is 3.30. The molecule has 2 N–H and O–H groups in total. The summed E-state index contributed by atoms with van der Waals surface area (Å²) in [5, 5.41) is 6.70. The highest BCUT2D eigenvalue weighted by atomic mass is 35.5. The minimum atomic E-state index is -0.169. The van der Waals surface area contributed by atoms with Crippen LogP contribution in [0.2, 0.25) is 5.02 Å². The van der Waals surface area contributed by atoms with E-state index >= 15 is 0 Å². The van der Waals surface area contributed by atoms with Crippen molar-refractivity contribution >= 4 is 28.9 Å². The highest BCUT2D eigenvalue weighted by Gasteiger charge is 2.05. The monoisotopic (exact) mass is 326 g/mol. The summed E-state index contributed by atoms with van der Waals surface area (Å²) in [6, 6.07) is 18.0. The lowest BCUT2D eigenvalue weighted by Crippen LogP contribution is -2.11. The van der Waals surface area contributed by atoms with Crippen molar-refractivity contribution in [2.24, 2.45) is 0 Å². The number of nitrogens with one attached hydrogen (secondary N) is 2. The van der Waals surface area contributed by atoms with Crippen LogP contribution in [0.5, 0.6) is 0 Å². The molecule has 3 aromatic rings. The second-order valence-corrected chi connectivity index (χ2v) is 5.41. The molecule has 0 saturated carbocycles. The zero-order valence-electron chi connectivity index (χ0n) is 12.3. The van der Waals surface area contributed by atoms with Crippen molar-refractivity contribution < 1.29 is 9.21 Å². The SMILES string of the molecule is O=C(Nc1ccc(NCc2ccco2)cc1)c1ccc(Cl)cc1. The van der Waals surface area contributed by atoms with Crippen LogP contribution in [0.1, 0.15) is 16.1 Å². The van der Waals surface area contributed by atoms with E-state index in [0.717, 1.165) is 17.1 Å². The van der Waals surface area contributed by atoms with Crippen molar-refractivity contribution in [3.05, 3.63) is 83.3 Å². The smallest absolute Gasteiger partial charge is 0.255 e. The van der Waals surface area contributed by atoms with Gasteiger partial charge in [0.15, 0.2) is 0 Å². The van der Waals surface area contributed by atoms with Gasteiger partial charge in [-0.25, -0.2) is 0 Å². The summed E-state index contributed by atoms with van der Waals surface area (Å²) < 4.78 is 5.26. The van der Waals surface area contributed by atoms with Crippen LogP contribution in [-0.2, 0) is 6.54 Å². The molecule has 23 heavy (non-hydrogen) atoms. The molecule has 1 amide bonds. The largest absolute Gasteiger partial charge is 0.467 e. The Morgan fingerprint density at radius 1 is 0.957 bits per heavy atom. The van der Waals surface area contributed by atoms with Crippen molar-refractivity contribution in [3.63, 3.8) is 0 Å². The normalized spacial score (nSPS) is 10.3. The highest BCUT2D eigenvalue weighted by Crippen LogP contribution is 2.16. The van der Waals surface area contributed by atoms with Gasteiger partial charge in [-0.2, -0.15) is 0 Å². The summed E-state index contributed by atoms with van der Waals surface area (Å²) in [6.07, 6.45) is 1.65. The van der Waals surface area contributed by atoms with Crippen LogP contribution in [0.15, 0.2) is 71.3 Å². The molecule has 0 bridgehead atoms. The van der Waals surface area contributed by atoms with Crippen LogP contribution in [0.4, 0.5) is 11.4 Å². The summed E-state index contributed by atoms with van der Waals surface area (Å²) in [5.41, 5.74) is 2.24. The third kappa shape index (κ3) is 4.14. The summed E-state index contributed by atoms with van der Waals surface area (Å²) in [5.74, 6) is 0.697. The lowest BCUT2D eigenvalue weighted by atomic mass is 10.2. The number of carbonyl (C=O) groups is 1. The zero-order chi connectivity index (χ0) is 16.1.